The Morgan fingerprint density at radius 1 is 1.30 bits per heavy atom. The molecule has 5 N–H and O–H groups in total. The first-order chi connectivity index (χ1) is 9.40. The van der Waals surface area contributed by atoms with E-state index >= 15 is 0 Å². The highest BCUT2D eigenvalue weighted by molar-refractivity contribution is 5.96. The zero-order chi connectivity index (χ0) is 15.1. The van der Waals surface area contributed by atoms with E-state index in [1.54, 1.807) is 6.07 Å². The molecule has 1 amide bonds. The van der Waals surface area contributed by atoms with Gasteiger partial charge >= 0.3 is 5.97 Å². The van der Waals surface area contributed by atoms with Crippen LogP contribution in [0.25, 0.3) is 0 Å². The fourth-order valence-corrected chi connectivity index (χ4v) is 1.53. The molecular formula is C14H21N3O3. The van der Waals surface area contributed by atoms with E-state index in [1.165, 1.54) is 12.1 Å². The van der Waals surface area contributed by atoms with Gasteiger partial charge < -0.3 is 21.5 Å². The van der Waals surface area contributed by atoms with Crippen LogP contribution in [0.5, 0.6) is 0 Å². The maximum atomic E-state index is 11.7. The average Bonchev–Trinajstić information content (AvgIpc) is 2.35. The summed E-state index contributed by atoms with van der Waals surface area (Å²) >= 11 is 0. The Hall–Kier alpha value is -2.24. The van der Waals surface area contributed by atoms with Crippen LogP contribution in [0.1, 0.15) is 30.6 Å². The second kappa shape index (κ2) is 7.37. The molecule has 0 aliphatic rings. The number of esters is 1. The Kier molecular flexibility index (Phi) is 5.83. The molecule has 0 heterocycles. The first kappa shape index (κ1) is 15.8. The van der Waals surface area contributed by atoms with Gasteiger partial charge in [-0.1, -0.05) is 13.8 Å². The molecular weight excluding hydrogens is 258 g/mol. The van der Waals surface area contributed by atoms with E-state index < -0.39 is 5.97 Å². The van der Waals surface area contributed by atoms with Gasteiger partial charge in [0.25, 0.3) is 5.91 Å². The number of ether oxygens (including phenoxy) is 1. The summed E-state index contributed by atoms with van der Waals surface area (Å²) < 4.78 is 4.90. The summed E-state index contributed by atoms with van der Waals surface area (Å²) in [6.45, 7) is 4.38. The van der Waals surface area contributed by atoms with E-state index in [4.69, 9.17) is 16.2 Å². The van der Waals surface area contributed by atoms with Crippen molar-refractivity contribution < 1.29 is 14.3 Å². The zero-order valence-corrected chi connectivity index (χ0v) is 11.8. The standard InChI is InChI=1S/C14H21N3O3/c1-9(2)5-6-17-13(18)8-20-14(19)11-4-3-10(15)7-12(11)16/h3-4,7,9H,5-6,8,15-16H2,1-2H3,(H,17,18). The molecule has 0 aliphatic heterocycles. The number of carbonyl (C=O) groups is 2. The Labute approximate surface area is 118 Å². The Morgan fingerprint density at radius 2 is 2.00 bits per heavy atom. The van der Waals surface area contributed by atoms with Crippen LogP contribution in [0.2, 0.25) is 0 Å². The molecule has 0 radical (unpaired) electrons. The monoisotopic (exact) mass is 279 g/mol. The second-order valence-corrected chi connectivity index (χ2v) is 4.96. The third-order valence-corrected chi connectivity index (χ3v) is 2.67. The van der Waals surface area contributed by atoms with Crippen LogP contribution in [0, 0.1) is 5.92 Å². The lowest BCUT2D eigenvalue weighted by Gasteiger charge is -2.09. The summed E-state index contributed by atoms with van der Waals surface area (Å²) in [4.78, 5) is 23.2. The van der Waals surface area contributed by atoms with Gasteiger partial charge in [0.2, 0.25) is 0 Å². The normalized spacial score (nSPS) is 10.3. The van der Waals surface area contributed by atoms with Crippen molar-refractivity contribution in [2.75, 3.05) is 24.6 Å². The van der Waals surface area contributed by atoms with Gasteiger partial charge in [-0.25, -0.2) is 4.79 Å². The minimum atomic E-state index is -0.637. The van der Waals surface area contributed by atoms with Crippen molar-refractivity contribution in [3.63, 3.8) is 0 Å². The Morgan fingerprint density at radius 3 is 2.60 bits per heavy atom. The minimum Gasteiger partial charge on any atom is -0.452 e. The summed E-state index contributed by atoms with van der Waals surface area (Å²) in [7, 11) is 0. The summed E-state index contributed by atoms with van der Waals surface area (Å²) in [6.07, 6.45) is 0.880. The van der Waals surface area contributed by atoms with Crippen molar-refractivity contribution in [2.24, 2.45) is 5.92 Å². The van der Waals surface area contributed by atoms with E-state index in [0.29, 0.717) is 18.2 Å². The number of carbonyl (C=O) groups excluding carboxylic acids is 2. The lowest BCUT2D eigenvalue weighted by molar-refractivity contribution is -0.124. The summed E-state index contributed by atoms with van der Waals surface area (Å²) in [5.41, 5.74) is 12.1. The third-order valence-electron chi connectivity index (χ3n) is 2.67. The maximum Gasteiger partial charge on any atom is 0.340 e. The van der Waals surface area contributed by atoms with Crippen molar-refractivity contribution in [1.82, 2.24) is 5.32 Å². The fraction of sp³-hybridized carbons (Fsp3) is 0.429. The maximum absolute atomic E-state index is 11.7. The average molecular weight is 279 g/mol. The molecule has 6 nitrogen and oxygen atoms in total. The van der Waals surface area contributed by atoms with Gasteiger partial charge in [-0.15, -0.1) is 0 Å². The number of hydrogen-bond acceptors (Lipinski definition) is 5. The lowest BCUT2D eigenvalue weighted by Crippen LogP contribution is -2.30. The van der Waals surface area contributed by atoms with Crippen molar-refractivity contribution in [1.29, 1.82) is 0 Å². The van der Waals surface area contributed by atoms with Gasteiger partial charge in [0, 0.05) is 17.9 Å². The van der Waals surface area contributed by atoms with Crippen molar-refractivity contribution in [2.45, 2.75) is 20.3 Å². The number of nitrogens with one attached hydrogen (secondary N) is 1. The third kappa shape index (κ3) is 5.17. The molecule has 0 aromatic heterocycles. The summed E-state index contributed by atoms with van der Waals surface area (Å²) in [5, 5.41) is 2.68. The molecule has 0 saturated heterocycles. The molecule has 0 aliphatic carbocycles. The molecule has 110 valence electrons. The van der Waals surface area contributed by atoms with Crippen LogP contribution < -0.4 is 16.8 Å². The smallest absolute Gasteiger partial charge is 0.340 e. The van der Waals surface area contributed by atoms with Crippen LogP contribution in [-0.4, -0.2) is 25.0 Å². The van der Waals surface area contributed by atoms with E-state index in [1.807, 2.05) is 0 Å². The molecule has 1 rings (SSSR count). The molecule has 0 saturated carbocycles. The fourth-order valence-electron chi connectivity index (χ4n) is 1.53. The van der Waals surface area contributed by atoms with E-state index in [0.717, 1.165) is 6.42 Å². The van der Waals surface area contributed by atoms with Gasteiger partial charge in [0.1, 0.15) is 0 Å². The molecule has 20 heavy (non-hydrogen) atoms. The van der Waals surface area contributed by atoms with E-state index in [-0.39, 0.29) is 23.8 Å². The number of amides is 1. The largest absolute Gasteiger partial charge is 0.452 e. The second-order valence-electron chi connectivity index (χ2n) is 4.96. The minimum absolute atomic E-state index is 0.203. The van der Waals surface area contributed by atoms with Crippen molar-refractivity contribution in [3.8, 4) is 0 Å². The van der Waals surface area contributed by atoms with E-state index in [2.05, 4.69) is 19.2 Å². The predicted octanol–water partition coefficient (Wildman–Crippen LogP) is 1.17. The number of nitrogen functional groups attached to an aromatic ring is 2. The highest BCUT2D eigenvalue weighted by Gasteiger charge is 2.13. The van der Waals surface area contributed by atoms with Crippen LogP contribution >= 0.6 is 0 Å². The number of benzene rings is 1. The topological polar surface area (TPSA) is 107 Å². The molecule has 1 aromatic rings. The van der Waals surface area contributed by atoms with Crippen molar-refractivity contribution >= 4 is 23.3 Å². The molecule has 0 atom stereocenters. The SMILES string of the molecule is CC(C)CCNC(=O)COC(=O)c1ccc(N)cc1N. The molecule has 1 aromatic carbocycles. The zero-order valence-electron chi connectivity index (χ0n) is 11.8. The highest BCUT2D eigenvalue weighted by atomic mass is 16.5. The van der Waals surface area contributed by atoms with Crippen molar-refractivity contribution in [3.05, 3.63) is 23.8 Å². The molecule has 0 fully saturated rings. The molecule has 0 unspecified atom stereocenters. The highest BCUT2D eigenvalue weighted by Crippen LogP contribution is 2.16. The number of rotatable bonds is 6. The van der Waals surface area contributed by atoms with Crippen LogP contribution in [0.3, 0.4) is 0 Å². The van der Waals surface area contributed by atoms with Crippen LogP contribution in [-0.2, 0) is 9.53 Å². The van der Waals surface area contributed by atoms with E-state index in [9.17, 15) is 9.59 Å². The van der Waals surface area contributed by atoms with Gasteiger partial charge in [-0.3, -0.25) is 4.79 Å². The molecule has 0 spiro atoms. The molecule has 0 bridgehead atoms. The van der Waals surface area contributed by atoms with Crippen LogP contribution in [0.4, 0.5) is 11.4 Å². The van der Waals surface area contributed by atoms with Gasteiger partial charge in [0.05, 0.1) is 5.56 Å². The number of nitrogens with two attached hydrogens (primary N) is 2. The first-order valence-corrected chi connectivity index (χ1v) is 6.49. The van der Waals surface area contributed by atoms with Gasteiger partial charge in [-0.05, 0) is 30.5 Å². The van der Waals surface area contributed by atoms with Crippen LogP contribution in [0.15, 0.2) is 18.2 Å². The molecule has 6 heteroatoms. The number of hydrogen-bond donors (Lipinski definition) is 3. The van der Waals surface area contributed by atoms with Gasteiger partial charge in [-0.2, -0.15) is 0 Å². The first-order valence-electron chi connectivity index (χ1n) is 6.49. The quantitative estimate of drug-likeness (QED) is 0.535. The van der Waals surface area contributed by atoms with Gasteiger partial charge in [0.15, 0.2) is 6.61 Å². The Balaban J connectivity index is 2.41. The Bertz CT molecular complexity index is 487. The lowest BCUT2D eigenvalue weighted by atomic mass is 10.1. The summed E-state index contributed by atoms with van der Waals surface area (Å²) in [6, 6.07) is 4.50. The summed E-state index contributed by atoms with van der Waals surface area (Å²) in [5.74, 6) is -0.457. The predicted molar refractivity (Wildman–Crippen MR) is 78.0 cm³/mol. The number of anilines is 2.